The lowest BCUT2D eigenvalue weighted by molar-refractivity contribution is -0.0921. The Morgan fingerprint density at radius 2 is 2.44 bits per heavy atom. The first-order valence-corrected chi connectivity index (χ1v) is 5.71. The number of ether oxygens (including phenoxy) is 1. The molecule has 1 aromatic rings. The number of anilines is 1. The normalized spacial score (nSPS) is 25.6. The lowest BCUT2D eigenvalue weighted by Gasteiger charge is -2.30. The summed E-state index contributed by atoms with van der Waals surface area (Å²) >= 11 is 0. The molecule has 2 heterocycles. The van der Waals surface area contributed by atoms with Crippen molar-refractivity contribution >= 4 is 5.82 Å². The molecule has 5 heteroatoms. The van der Waals surface area contributed by atoms with Gasteiger partial charge in [0.1, 0.15) is 12.0 Å². The van der Waals surface area contributed by atoms with E-state index in [9.17, 15) is 4.79 Å². The van der Waals surface area contributed by atoms with Crippen molar-refractivity contribution in [2.45, 2.75) is 44.9 Å². The van der Waals surface area contributed by atoms with Crippen LogP contribution in [0.2, 0.25) is 0 Å². The lowest BCUT2D eigenvalue weighted by Crippen LogP contribution is -2.33. The molecule has 0 spiro atoms. The van der Waals surface area contributed by atoms with Gasteiger partial charge < -0.3 is 10.5 Å². The molecule has 1 saturated heterocycles. The second-order valence-corrected chi connectivity index (χ2v) is 4.09. The number of nitrogens with zero attached hydrogens (tertiary/aromatic N) is 2. The quantitative estimate of drug-likeness (QED) is 0.820. The average Bonchev–Trinajstić information content (AvgIpc) is 2.29. The summed E-state index contributed by atoms with van der Waals surface area (Å²) in [6.45, 7) is 2.09. The standard InChI is InChI=1S/C11H17N3O2/c1-2-8-4-3-5-10(16-8)14-7-6-9(12)13-11(14)15/h6-8,10H,2-5H2,1H3,(H2,12,13,15). The zero-order chi connectivity index (χ0) is 11.5. The van der Waals surface area contributed by atoms with Gasteiger partial charge in [0.2, 0.25) is 0 Å². The van der Waals surface area contributed by atoms with Crippen molar-refractivity contribution in [2.75, 3.05) is 5.73 Å². The number of nitrogens with two attached hydrogens (primary N) is 1. The summed E-state index contributed by atoms with van der Waals surface area (Å²) in [6, 6.07) is 1.63. The van der Waals surface area contributed by atoms with Crippen molar-refractivity contribution in [1.82, 2.24) is 9.55 Å². The Balaban J connectivity index is 2.20. The van der Waals surface area contributed by atoms with Crippen molar-refractivity contribution < 1.29 is 4.74 Å². The summed E-state index contributed by atoms with van der Waals surface area (Å²) in [4.78, 5) is 15.3. The highest BCUT2D eigenvalue weighted by atomic mass is 16.5. The molecule has 1 fully saturated rings. The van der Waals surface area contributed by atoms with Crippen LogP contribution in [0.25, 0.3) is 0 Å². The van der Waals surface area contributed by atoms with Gasteiger partial charge in [-0.25, -0.2) is 4.79 Å². The van der Waals surface area contributed by atoms with E-state index in [4.69, 9.17) is 10.5 Å². The minimum absolute atomic E-state index is 0.181. The fourth-order valence-electron chi connectivity index (χ4n) is 2.03. The topological polar surface area (TPSA) is 70.1 Å². The molecule has 16 heavy (non-hydrogen) atoms. The van der Waals surface area contributed by atoms with Gasteiger partial charge in [0.05, 0.1) is 6.10 Å². The minimum Gasteiger partial charge on any atom is -0.383 e. The van der Waals surface area contributed by atoms with Crippen molar-refractivity contribution in [2.24, 2.45) is 0 Å². The van der Waals surface area contributed by atoms with Gasteiger partial charge in [0.25, 0.3) is 0 Å². The maximum absolute atomic E-state index is 11.6. The molecule has 1 aliphatic heterocycles. The molecule has 0 saturated carbocycles. The fourth-order valence-corrected chi connectivity index (χ4v) is 2.03. The van der Waals surface area contributed by atoms with Crippen LogP contribution in [0.3, 0.4) is 0 Å². The molecular weight excluding hydrogens is 206 g/mol. The summed E-state index contributed by atoms with van der Waals surface area (Å²) in [5.74, 6) is 0.254. The Bertz CT molecular complexity index is 416. The summed E-state index contributed by atoms with van der Waals surface area (Å²) in [5.41, 5.74) is 5.11. The Morgan fingerprint density at radius 1 is 1.62 bits per heavy atom. The van der Waals surface area contributed by atoms with Gasteiger partial charge in [-0.05, 0) is 31.7 Å². The van der Waals surface area contributed by atoms with Crippen molar-refractivity contribution in [1.29, 1.82) is 0 Å². The third-order valence-electron chi connectivity index (χ3n) is 2.94. The second-order valence-electron chi connectivity index (χ2n) is 4.09. The molecule has 1 aliphatic rings. The maximum atomic E-state index is 11.6. The van der Waals surface area contributed by atoms with E-state index in [-0.39, 0.29) is 23.8 Å². The van der Waals surface area contributed by atoms with Crippen LogP contribution in [-0.4, -0.2) is 15.7 Å². The lowest BCUT2D eigenvalue weighted by atomic mass is 10.1. The first kappa shape index (κ1) is 11.1. The highest BCUT2D eigenvalue weighted by Crippen LogP contribution is 2.26. The summed E-state index contributed by atoms with van der Waals surface area (Å²) in [6.07, 6.45) is 5.73. The van der Waals surface area contributed by atoms with Crippen LogP contribution in [-0.2, 0) is 4.74 Å². The average molecular weight is 223 g/mol. The van der Waals surface area contributed by atoms with Crippen molar-refractivity contribution in [3.63, 3.8) is 0 Å². The summed E-state index contributed by atoms with van der Waals surface area (Å²) < 4.78 is 7.35. The predicted octanol–water partition coefficient (Wildman–Crippen LogP) is 1.30. The maximum Gasteiger partial charge on any atom is 0.351 e. The van der Waals surface area contributed by atoms with Crippen LogP contribution in [0.1, 0.15) is 38.8 Å². The molecule has 0 amide bonds. The molecule has 88 valence electrons. The second kappa shape index (κ2) is 4.65. The van der Waals surface area contributed by atoms with E-state index in [0.29, 0.717) is 0 Å². The van der Waals surface area contributed by atoms with Crippen molar-refractivity contribution in [3.8, 4) is 0 Å². The fraction of sp³-hybridized carbons (Fsp3) is 0.636. The highest BCUT2D eigenvalue weighted by Gasteiger charge is 2.23. The molecule has 0 aliphatic carbocycles. The van der Waals surface area contributed by atoms with Crippen LogP contribution in [0.5, 0.6) is 0 Å². The number of rotatable bonds is 2. The van der Waals surface area contributed by atoms with Crippen LogP contribution < -0.4 is 11.4 Å². The van der Waals surface area contributed by atoms with Crippen LogP contribution in [0, 0.1) is 0 Å². The molecule has 5 nitrogen and oxygen atoms in total. The van der Waals surface area contributed by atoms with E-state index in [2.05, 4.69) is 11.9 Å². The van der Waals surface area contributed by atoms with E-state index in [1.807, 2.05) is 0 Å². The number of nitrogen functional groups attached to an aromatic ring is 1. The van der Waals surface area contributed by atoms with E-state index < -0.39 is 0 Å². The third-order valence-corrected chi connectivity index (χ3v) is 2.94. The van der Waals surface area contributed by atoms with Crippen LogP contribution >= 0.6 is 0 Å². The molecule has 2 unspecified atom stereocenters. The molecule has 0 aromatic carbocycles. The smallest absolute Gasteiger partial charge is 0.351 e. The van der Waals surface area contributed by atoms with Crippen LogP contribution in [0.15, 0.2) is 17.1 Å². The molecule has 2 rings (SSSR count). The Morgan fingerprint density at radius 3 is 3.12 bits per heavy atom. The Hall–Kier alpha value is -1.36. The van der Waals surface area contributed by atoms with E-state index in [0.717, 1.165) is 25.7 Å². The first-order chi connectivity index (χ1) is 7.70. The molecule has 2 N–H and O–H groups in total. The molecule has 2 atom stereocenters. The van der Waals surface area contributed by atoms with Gasteiger partial charge in [0.15, 0.2) is 0 Å². The van der Waals surface area contributed by atoms with Gasteiger partial charge in [-0.15, -0.1) is 0 Å². The summed E-state index contributed by atoms with van der Waals surface area (Å²) in [7, 11) is 0. The highest BCUT2D eigenvalue weighted by molar-refractivity contribution is 5.23. The molecule has 0 bridgehead atoms. The Kier molecular flexibility index (Phi) is 3.24. The minimum atomic E-state index is -0.332. The van der Waals surface area contributed by atoms with E-state index in [1.54, 1.807) is 12.3 Å². The molecular formula is C11H17N3O2. The van der Waals surface area contributed by atoms with Gasteiger partial charge in [-0.1, -0.05) is 6.92 Å². The zero-order valence-corrected chi connectivity index (χ0v) is 9.43. The first-order valence-electron chi connectivity index (χ1n) is 5.71. The van der Waals surface area contributed by atoms with Crippen LogP contribution in [0.4, 0.5) is 5.82 Å². The summed E-state index contributed by atoms with van der Waals surface area (Å²) in [5, 5.41) is 0. The third kappa shape index (κ3) is 2.24. The SMILES string of the molecule is CCC1CCCC(n2ccc(N)nc2=O)O1. The predicted molar refractivity (Wildman–Crippen MR) is 61.0 cm³/mol. The number of hydrogen-bond acceptors (Lipinski definition) is 4. The largest absolute Gasteiger partial charge is 0.383 e. The number of hydrogen-bond donors (Lipinski definition) is 1. The molecule has 0 radical (unpaired) electrons. The van der Waals surface area contributed by atoms with Crippen molar-refractivity contribution in [3.05, 3.63) is 22.7 Å². The van der Waals surface area contributed by atoms with Gasteiger partial charge >= 0.3 is 5.69 Å². The monoisotopic (exact) mass is 223 g/mol. The molecule has 1 aromatic heterocycles. The van der Waals surface area contributed by atoms with Gasteiger partial charge in [-0.3, -0.25) is 4.57 Å². The van der Waals surface area contributed by atoms with E-state index >= 15 is 0 Å². The Labute approximate surface area is 94.2 Å². The van der Waals surface area contributed by atoms with Gasteiger partial charge in [0, 0.05) is 6.20 Å². The van der Waals surface area contributed by atoms with E-state index in [1.165, 1.54) is 4.57 Å². The number of aromatic nitrogens is 2. The van der Waals surface area contributed by atoms with Gasteiger partial charge in [-0.2, -0.15) is 4.98 Å². The zero-order valence-electron chi connectivity index (χ0n) is 9.43.